The van der Waals surface area contributed by atoms with Crippen molar-refractivity contribution >= 4 is 40.9 Å². The number of benzene rings is 2. The summed E-state index contributed by atoms with van der Waals surface area (Å²) in [6, 6.07) is 10.2. The van der Waals surface area contributed by atoms with Crippen molar-refractivity contribution in [1.29, 1.82) is 5.26 Å². The Hall–Kier alpha value is -2.68. The topological polar surface area (TPSA) is 93.3 Å². The Morgan fingerprint density at radius 2 is 1.83 bits per heavy atom. The van der Waals surface area contributed by atoms with Gasteiger partial charge in [0.2, 0.25) is 0 Å². The summed E-state index contributed by atoms with van der Waals surface area (Å²) in [6.45, 7) is 0. The van der Waals surface area contributed by atoms with Gasteiger partial charge in [-0.05, 0) is 42.5 Å². The summed E-state index contributed by atoms with van der Waals surface area (Å²) in [5, 5.41) is 31.0. The van der Waals surface area contributed by atoms with Crippen LogP contribution in [0.2, 0.25) is 10.0 Å². The van der Waals surface area contributed by atoms with Gasteiger partial charge < -0.3 is 15.5 Å². The van der Waals surface area contributed by atoms with E-state index in [0.29, 0.717) is 5.69 Å². The number of amides is 1. The molecule has 0 saturated heterocycles. The molecule has 0 aliphatic heterocycles. The summed E-state index contributed by atoms with van der Waals surface area (Å²) in [4.78, 5) is 12.1. The quantitative estimate of drug-likeness (QED) is 0.444. The van der Waals surface area contributed by atoms with E-state index in [1.54, 1.807) is 6.07 Å². The van der Waals surface area contributed by atoms with Crippen LogP contribution < -0.4 is 5.32 Å². The van der Waals surface area contributed by atoms with Crippen LogP contribution in [0.1, 0.15) is 5.56 Å². The first-order chi connectivity index (χ1) is 10.9. The maximum Gasteiger partial charge on any atom is 0.266 e. The summed E-state index contributed by atoms with van der Waals surface area (Å²) in [7, 11) is 0. The molecule has 0 aliphatic rings. The van der Waals surface area contributed by atoms with Gasteiger partial charge in [0.1, 0.15) is 23.1 Å². The highest BCUT2D eigenvalue weighted by atomic mass is 35.5. The smallest absolute Gasteiger partial charge is 0.266 e. The molecule has 0 aliphatic carbocycles. The third-order valence-corrected chi connectivity index (χ3v) is 3.35. The second-order valence-corrected chi connectivity index (χ2v) is 5.34. The molecule has 0 aromatic heterocycles. The van der Waals surface area contributed by atoms with E-state index >= 15 is 0 Å². The highest BCUT2D eigenvalue weighted by Gasteiger charge is 2.13. The average Bonchev–Trinajstić information content (AvgIpc) is 2.51. The second kappa shape index (κ2) is 7.05. The molecule has 23 heavy (non-hydrogen) atoms. The Balaban J connectivity index is 2.30. The van der Waals surface area contributed by atoms with E-state index in [1.165, 1.54) is 42.5 Å². The second-order valence-electron chi connectivity index (χ2n) is 4.50. The van der Waals surface area contributed by atoms with Crippen molar-refractivity contribution in [3.63, 3.8) is 0 Å². The first-order valence-electron chi connectivity index (χ1n) is 6.31. The maximum atomic E-state index is 12.1. The largest absolute Gasteiger partial charge is 0.508 e. The van der Waals surface area contributed by atoms with Crippen LogP contribution >= 0.6 is 23.2 Å². The Morgan fingerprint density at radius 3 is 2.43 bits per heavy atom. The van der Waals surface area contributed by atoms with E-state index in [-0.39, 0.29) is 32.7 Å². The molecule has 2 aromatic carbocycles. The number of phenolic OH excluding ortho intramolecular Hbond substituents is 2. The van der Waals surface area contributed by atoms with E-state index in [1.807, 2.05) is 0 Å². The van der Waals surface area contributed by atoms with Gasteiger partial charge in [0.05, 0.1) is 5.02 Å². The van der Waals surface area contributed by atoms with E-state index < -0.39 is 5.91 Å². The number of hydrogen-bond acceptors (Lipinski definition) is 4. The van der Waals surface area contributed by atoms with Crippen LogP contribution in [-0.4, -0.2) is 16.1 Å². The molecule has 0 atom stereocenters. The summed E-state index contributed by atoms with van der Waals surface area (Å²) >= 11 is 11.6. The molecule has 116 valence electrons. The molecule has 1 amide bonds. The Morgan fingerprint density at radius 1 is 1.17 bits per heavy atom. The molecular weight excluding hydrogens is 339 g/mol. The number of nitrogens with zero attached hydrogens (tertiary/aromatic N) is 1. The molecule has 0 saturated carbocycles. The fraction of sp³-hybridized carbons (Fsp3) is 0. The van der Waals surface area contributed by atoms with E-state index in [4.69, 9.17) is 28.5 Å². The molecule has 0 fully saturated rings. The molecule has 0 bridgehead atoms. The fourth-order valence-corrected chi connectivity index (χ4v) is 2.25. The van der Waals surface area contributed by atoms with Crippen molar-refractivity contribution in [2.24, 2.45) is 0 Å². The van der Waals surface area contributed by atoms with Gasteiger partial charge in [-0.1, -0.05) is 23.2 Å². The van der Waals surface area contributed by atoms with Gasteiger partial charge in [-0.25, -0.2) is 0 Å². The van der Waals surface area contributed by atoms with E-state index in [0.717, 1.165) is 0 Å². The lowest BCUT2D eigenvalue weighted by molar-refractivity contribution is -0.112. The van der Waals surface area contributed by atoms with Gasteiger partial charge in [-0.3, -0.25) is 4.79 Å². The molecule has 0 heterocycles. The lowest BCUT2D eigenvalue weighted by Gasteiger charge is -2.06. The number of hydrogen-bond donors (Lipinski definition) is 3. The minimum atomic E-state index is -0.673. The summed E-state index contributed by atoms with van der Waals surface area (Å²) < 4.78 is 0. The first-order valence-corrected chi connectivity index (χ1v) is 7.06. The van der Waals surface area contributed by atoms with Crippen molar-refractivity contribution in [2.75, 3.05) is 5.32 Å². The van der Waals surface area contributed by atoms with E-state index in [9.17, 15) is 15.0 Å². The van der Waals surface area contributed by atoms with Crippen LogP contribution in [0, 0.1) is 11.3 Å². The summed E-state index contributed by atoms with van der Waals surface area (Å²) in [5.74, 6) is -0.896. The van der Waals surface area contributed by atoms with Crippen LogP contribution in [0.15, 0.2) is 42.0 Å². The molecule has 3 N–H and O–H groups in total. The standard InChI is InChI=1S/C16H10Cl2N2O3/c17-11-6-9(15(22)14(18)7-11)5-10(8-19)16(23)20-12-1-3-13(21)4-2-12/h1-7,21-22H,(H,20,23)/b10-5+. The van der Waals surface area contributed by atoms with Gasteiger partial charge in [-0.15, -0.1) is 0 Å². The van der Waals surface area contributed by atoms with Gasteiger partial charge >= 0.3 is 0 Å². The highest BCUT2D eigenvalue weighted by Crippen LogP contribution is 2.32. The number of carbonyl (C=O) groups is 1. The van der Waals surface area contributed by atoms with Crippen LogP contribution in [0.25, 0.3) is 6.08 Å². The molecule has 0 unspecified atom stereocenters. The normalized spacial score (nSPS) is 10.9. The first kappa shape index (κ1) is 16.7. The van der Waals surface area contributed by atoms with Crippen molar-refractivity contribution in [1.82, 2.24) is 0 Å². The van der Waals surface area contributed by atoms with Crippen LogP contribution in [0.4, 0.5) is 5.69 Å². The van der Waals surface area contributed by atoms with Crippen molar-refractivity contribution < 1.29 is 15.0 Å². The van der Waals surface area contributed by atoms with Gasteiger partial charge in [-0.2, -0.15) is 5.26 Å². The molecular formula is C16H10Cl2N2O3. The fourth-order valence-electron chi connectivity index (χ4n) is 1.74. The number of nitrogens with one attached hydrogen (secondary N) is 1. The number of anilines is 1. The van der Waals surface area contributed by atoms with Crippen molar-refractivity contribution in [2.45, 2.75) is 0 Å². The SMILES string of the molecule is N#C/C(=C\c1cc(Cl)cc(Cl)c1O)C(=O)Nc1ccc(O)cc1. The Kier molecular flexibility index (Phi) is 5.12. The number of halogens is 2. The van der Waals surface area contributed by atoms with Gasteiger partial charge in [0.15, 0.2) is 0 Å². The molecule has 5 nitrogen and oxygen atoms in total. The number of aromatic hydroxyl groups is 2. The lowest BCUT2D eigenvalue weighted by atomic mass is 10.1. The van der Waals surface area contributed by atoms with Crippen molar-refractivity contribution in [3.05, 3.63) is 57.6 Å². The number of nitriles is 1. The molecule has 7 heteroatoms. The molecule has 2 rings (SSSR count). The Bertz CT molecular complexity index is 824. The zero-order valence-corrected chi connectivity index (χ0v) is 13.1. The van der Waals surface area contributed by atoms with Gasteiger partial charge in [0, 0.05) is 16.3 Å². The summed E-state index contributed by atoms with van der Waals surface area (Å²) in [5.41, 5.74) is 0.314. The monoisotopic (exact) mass is 348 g/mol. The maximum absolute atomic E-state index is 12.1. The van der Waals surface area contributed by atoms with Crippen LogP contribution in [-0.2, 0) is 4.79 Å². The highest BCUT2D eigenvalue weighted by molar-refractivity contribution is 6.36. The predicted molar refractivity (Wildman–Crippen MR) is 88.5 cm³/mol. The third-order valence-electron chi connectivity index (χ3n) is 2.85. The molecule has 0 spiro atoms. The average molecular weight is 349 g/mol. The van der Waals surface area contributed by atoms with Crippen LogP contribution in [0.3, 0.4) is 0 Å². The lowest BCUT2D eigenvalue weighted by Crippen LogP contribution is -2.13. The van der Waals surface area contributed by atoms with Crippen LogP contribution in [0.5, 0.6) is 11.5 Å². The predicted octanol–water partition coefficient (Wildman–Crippen LogP) is 3.95. The number of carbonyl (C=O) groups excluding carboxylic acids is 1. The minimum Gasteiger partial charge on any atom is -0.508 e. The number of phenols is 2. The zero-order valence-electron chi connectivity index (χ0n) is 11.5. The van der Waals surface area contributed by atoms with Gasteiger partial charge in [0.25, 0.3) is 5.91 Å². The zero-order chi connectivity index (χ0) is 17.0. The third kappa shape index (κ3) is 4.16. The molecule has 0 radical (unpaired) electrons. The number of rotatable bonds is 3. The minimum absolute atomic E-state index is 0.0139. The van der Waals surface area contributed by atoms with Crippen molar-refractivity contribution in [3.8, 4) is 17.6 Å². The summed E-state index contributed by atoms with van der Waals surface area (Å²) in [6.07, 6.45) is 1.18. The molecule has 2 aromatic rings. The van der Waals surface area contributed by atoms with E-state index in [2.05, 4.69) is 5.32 Å². The Labute approximate surface area is 142 Å².